The van der Waals surface area contributed by atoms with Gasteiger partial charge in [0.1, 0.15) is 0 Å². The molecule has 1 aromatic heterocycles. The predicted octanol–water partition coefficient (Wildman–Crippen LogP) is 2.01. The zero-order valence-corrected chi connectivity index (χ0v) is 6.78. The summed E-state index contributed by atoms with van der Waals surface area (Å²) < 4.78 is 1.83. The van der Waals surface area contributed by atoms with Gasteiger partial charge in [-0.05, 0) is 13.8 Å². The van der Waals surface area contributed by atoms with Crippen LogP contribution in [-0.2, 0) is 0 Å². The molecule has 0 spiro atoms. The number of hydrogen-bond donors (Lipinski definition) is 0. The summed E-state index contributed by atoms with van der Waals surface area (Å²) in [5.41, 5.74) is 1.04. The summed E-state index contributed by atoms with van der Waals surface area (Å²) in [6, 6.07) is 0. The van der Waals surface area contributed by atoms with E-state index in [1.165, 1.54) is 0 Å². The summed E-state index contributed by atoms with van der Waals surface area (Å²) in [6.07, 6.45) is 5.18. The van der Waals surface area contributed by atoms with Crippen LogP contribution in [0.3, 0.4) is 0 Å². The van der Waals surface area contributed by atoms with Crippen molar-refractivity contribution in [1.29, 1.82) is 0 Å². The molecule has 0 unspecified atom stereocenters. The maximum Gasteiger partial charge on any atom is 0.233 e. The fourth-order valence-corrected chi connectivity index (χ4v) is 0.870. The summed E-state index contributed by atoms with van der Waals surface area (Å²) in [5.74, 6) is 0.681. The fourth-order valence-electron chi connectivity index (χ4n) is 0.870. The van der Waals surface area contributed by atoms with Crippen LogP contribution in [0.4, 0.5) is 5.95 Å². The van der Waals surface area contributed by atoms with Crippen LogP contribution in [0.15, 0.2) is 17.8 Å². The Labute approximate surface area is 66.1 Å². The van der Waals surface area contributed by atoms with E-state index in [1.54, 1.807) is 18.6 Å². The van der Waals surface area contributed by atoms with Gasteiger partial charge in [0.2, 0.25) is 5.95 Å². The first-order valence-corrected chi connectivity index (χ1v) is 3.44. The summed E-state index contributed by atoms with van der Waals surface area (Å²) in [5, 5.41) is 0. The molecule has 0 bridgehead atoms. The first kappa shape index (κ1) is 7.72. The molecule has 3 heteroatoms. The van der Waals surface area contributed by atoms with E-state index in [1.807, 2.05) is 18.4 Å². The lowest BCUT2D eigenvalue weighted by atomic mass is 10.5. The molecule has 0 aliphatic rings. The highest BCUT2D eigenvalue weighted by Crippen LogP contribution is 2.11. The lowest BCUT2D eigenvalue weighted by Crippen LogP contribution is -1.86. The molecule has 3 nitrogen and oxygen atoms in total. The van der Waals surface area contributed by atoms with Crippen LogP contribution in [0.25, 0.3) is 6.20 Å². The molecule has 0 amide bonds. The van der Waals surface area contributed by atoms with Crippen molar-refractivity contribution < 1.29 is 0 Å². The smallest absolute Gasteiger partial charge is 0.233 e. The van der Waals surface area contributed by atoms with Crippen LogP contribution >= 0.6 is 0 Å². The van der Waals surface area contributed by atoms with Gasteiger partial charge in [0.25, 0.3) is 0 Å². The lowest BCUT2D eigenvalue weighted by molar-refractivity contribution is 1.06. The van der Waals surface area contributed by atoms with Gasteiger partial charge in [-0.2, -0.15) is 0 Å². The molecule has 0 saturated heterocycles. The van der Waals surface area contributed by atoms with Crippen molar-refractivity contribution in [3.8, 4) is 0 Å². The van der Waals surface area contributed by atoms with E-state index in [0.29, 0.717) is 5.95 Å². The van der Waals surface area contributed by atoms with E-state index in [9.17, 15) is 0 Å². The Morgan fingerprint density at radius 1 is 1.73 bits per heavy atom. The minimum atomic E-state index is 0.681. The largest absolute Gasteiger partial charge is 0.289 e. The van der Waals surface area contributed by atoms with Gasteiger partial charge in [-0.1, -0.05) is 6.58 Å². The van der Waals surface area contributed by atoms with Crippen LogP contribution in [0, 0.1) is 6.92 Å². The van der Waals surface area contributed by atoms with Crippen LogP contribution in [-0.4, -0.2) is 15.8 Å². The number of aryl methyl sites for hydroxylation is 1. The van der Waals surface area contributed by atoms with Gasteiger partial charge in [0.05, 0.1) is 6.20 Å². The van der Waals surface area contributed by atoms with E-state index in [2.05, 4.69) is 16.6 Å². The summed E-state index contributed by atoms with van der Waals surface area (Å²) in [6.45, 7) is 7.48. The third kappa shape index (κ3) is 1.37. The molecule has 0 aliphatic heterocycles. The van der Waals surface area contributed by atoms with Crippen LogP contribution in [0.5, 0.6) is 0 Å². The van der Waals surface area contributed by atoms with Crippen molar-refractivity contribution in [2.75, 3.05) is 0 Å². The predicted molar refractivity (Wildman–Crippen MR) is 47.2 cm³/mol. The lowest BCUT2D eigenvalue weighted by Gasteiger charge is -1.96. The van der Waals surface area contributed by atoms with Gasteiger partial charge >= 0.3 is 0 Å². The Balaban J connectivity index is 3.15. The Kier molecular flexibility index (Phi) is 2.21. The minimum Gasteiger partial charge on any atom is -0.289 e. The molecule has 1 aromatic rings. The standard InChI is InChI=1S/C8H11N3/c1-4-9-8-10-6-7(3)11(8)5-2/h4-6H,2H2,1,3H3. The third-order valence-corrected chi connectivity index (χ3v) is 1.39. The molecule has 1 rings (SSSR count). The van der Waals surface area contributed by atoms with E-state index in [4.69, 9.17) is 0 Å². The van der Waals surface area contributed by atoms with Gasteiger partial charge < -0.3 is 0 Å². The van der Waals surface area contributed by atoms with Gasteiger partial charge in [-0.3, -0.25) is 4.57 Å². The Hall–Kier alpha value is -1.38. The highest BCUT2D eigenvalue weighted by Gasteiger charge is 1.99. The molecular weight excluding hydrogens is 138 g/mol. The quantitative estimate of drug-likeness (QED) is 0.591. The number of hydrogen-bond acceptors (Lipinski definition) is 2. The average molecular weight is 149 g/mol. The van der Waals surface area contributed by atoms with Crippen molar-refractivity contribution >= 4 is 18.4 Å². The number of nitrogens with zero attached hydrogens (tertiary/aromatic N) is 3. The van der Waals surface area contributed by atoms with Crippen molar-refractivity contribution in [2.45, 2.75) is 13.8 Å². The topological polar surface area (TPSA) is 30.2 Å². The fraction of sp³-hybridized carbons (Fsp3) is 0.250. The molecule has 58 valence electrons. The van der Waals surface area contributed by atoms with Gasteiger partial charge in [0, 0.05) is 18.1 Å². The highest BCUT2D eigenvalue weighted by molar-refractivity contribution is 5.58. The van der Waals surface area contributed by atoms with E-state index in [-0.39, 0.29) is 0 Å². The monoisotopic (exact) mass is 149 g/mol. The third-order valence-electron chi connectivity index (χ3n) is 1.39. The normalized spacial score (nSPS) is 10.7. The summed E-state index contributed by atoms with van der Waals surface area (Å²) in [4.78, 5) is 8.12. The van der Waals surface area contributed by atoms with Crippen LogP contribution in [0.1, 0.15) is 12.6 Å². The molecule has 0 saturated carbocycles. The molecule has 11 heavy (non-hydrogen) atoms. The summed E-state index contributed by atoms with van der Waals surface area (Å²) in [7, 11) is 0. The zero-order chi connectivity index (χ0) is 8.27. The van der Waals surface area contributed by atoms with E-state index in [0.717, 1.165) is 5.69 Å². The Morgan fingerprint density at radius 3 is 3.00 bits per heavy atom. The molecule has 1 heterocycles. The second kappa shape index (κ2) is 3.14. The maximum absolute atomic E-state index is 4.07. The Bertz CT molecular complexity index is 284. The minimum absolute atomic E-state index is 0.681. The molecule has 0 atom stereocenters. The second-order valence-corrected chi connectivity index (χ2v) is 2.14. The van der Waals surface area contributed by atoms with Crippen molar-refractivity contribution in [3.63, 3.8) is 0 Å². The highest BCUT2D eigenvalue weighted by atomic mass is 15.2. The van der Waals surface area contributed by atoms with Gasteiger partial charge in [0.15, 0.2) is 0 Å². The van der Waals surface area contributed by atoms with Crippen LogP contribution < -0.4 is 0 Å². The van der Waals surface area contributed by atoms with Crippen molar-refractivity contribution in [3.05, 3.63) is 18.5 Å². The SMILES string of the molecule is C=Cn1c(C)cnc1N=CC. The van der Waals surface area contributed by atoms with E-state index < -0.39 is 0 Å². The second-order valence-electron chi connectivity index (χ2n) is 2.14. The Morgan fingerprint density at radius 2 is 2.45 bits per heavy atom. The molecule has 0 N–H and O–H groups in total. The molecular formula is C8H11N3. The van der Waals surface area contributed by atoms with Gasteiger partial charge in [-0.25, -0.2) is 9.98 Å². The number of imidazole rings is 1. The van der Waals surface area contributed by atoms with Crippen LogP contribution in [0.2, 0.25) is 0 Å². The first-order chi connectivity index (χ1) is 5.29. The first-order valence-electron chi connectivity index (χ1n) is 3.44. The van der Waals surface area contributed by atoms with E-state index >= 15 is 0 Å². The van der Waals surface area contributed by atoms with Crippen molar-refractivity contribution in [1.82, 2.24) is 9.55 Å². The number of rotatable bonds is 2. The molecule has 0 aliphatic carbocycles. The maximum atomic E-state index is 4.07. The average Bonchev–Trinajstić information content (AvgIpc) is 2.33. The molecule has 0 radical (unpaired) electrons. The zero-order valence-electron chi connectivity index (χ0n) is 6.78. The molecule has 0 fully saturated rings. The van der Waals surface area contributed by atoms with Crippen molar-refractivity contribution in [2.24, 2.45) is 4.99 Å². The number of aliphatic imine (C=N–C) groups is 1. The summed E-state index contributed by atoms with van der Waals surface area (Å²) >= 11 is 0. The van der Waals surface area contributed by atoms with Gasteiger partial charge in [-0.15, -0.1) is 0 Å². The number of aromatic nitrogens is 2. The molecule has 0 aromatic carbocycles.